The zero-order valence-electron chi connectivity index (χ0n) is 14.3. The van der Waals surface area contributed by atoms with Gasteiger partial charge in [-0.15, -0.1) is 0 Å². The maximum absolute atomic E-state index is 12.1. The van der Waals surface area contributed by atoms with E-state index in [-0.39, 0.29) is 17.1 Å². The summed E-state index contributed by atoms with van der Waals surface area (Å²) >= 11 is 0. The van der Waals surface area contributed by atoms with Gasteiger partial charge in [0.1, 0.15) is 5.75 Å². The molecule has 0 saturated carbocycles. The Kier molecular flexibility index (Phi) is 6.74. The molecule has 0 spiro atoms. The van der Waals surface area contributed by atoms with E-state index in [0.717, 1.165) is 0 Å². The zero-order valence-corrected chi connectivity index (χ0v) is 15.1. The number of rotatable bonds is 7. The maximum atomic E-state index is 12.1. The maximum Gasteiger partial charge on any atom is 0.269 e. The Morgan fingerprint density at radius 3 is 2.23 bits per heavy atom. The fourth-order valence-corrected chi connectivity index (χ4v) is 3.36. The standard InChI is InChI=1S/C18H20N2O5S/c1-2-25-15-10-8-14(9-11-15)18(22)20-19-17(21)12-13-26(23,24)16-6-4-3-5-7-16/h3-11H,2,12-13H2,1H3,(H,19,21)(H,20,22). The van der Waals surface area contributed by atoms with E-state index in [1.165, 1.54) is 12.1 Å². The lowest BCUT2D eigenvalue weighted by Crippen LogP contribution is -2.42. The van der Waals surface area contributed by atoms with Crippen LogP contribution < -0.4 is 15.6 Å². The van der Waals surface area contributed by atoms with E-state index in [0.29, 0.717) is 17.9 Å². The summed E-state index contributed by atoms with van der Waals surface area (Å²) < 4.78 is 29.5. The van der Waals surface area contributed by atoms with Gasteiger partial charge in [0.25, 0.3) is 5.91 Å². The van der Waals surface area contributed by atoms with E-state index in [1.54, 1.807) is 42.5 Å². The number of hydrogen-bond donors (Lipinski definition) is 2. The van der Waals surface area contributed by atoms with Gasteiger partial charge in [-0.3, -0.25) is 20.4 Å². The Balaban J connectivity index is 1.82. The highest BCUT2D eigenvalue weighted by atomic mass is 32.2. The van der Waals surface area contributed by atoms with Gasteiger partial charge >= 0.3 is 0 Å². The first-order valence-corrected chi connectivity index (χ1v) is 9.67. The van der Waals surface area contributed by atoms with Crippen molar-refractivity contribution in [3.63, 3.8) is 0 Å². The average molecular weight is 376 g/mol. The van der Waals surface area contributed by atoms with E-state index < -0.39 is 21.7 Å². The van der Waals surface area contributed by atoms with Gasteiger partial charge < -0.3 is 4.74 Å². The number of hydrogen-bond acceptors (Lipinski definition) is 5. The van der Waals surface area contributed by atoms with Crippen molar-refractivity contribution in [2.75, 3.05) is 12.4 Å². The third-order valence-corrected chi connectivity index (χ3v) is 5.18. The highest BCUT2D eigenvalue weighted by molar-refractivity contribution is 7.91. The molecule has 0 aromatic heterocycles. The summed E-state index contributed by atoms with van der Waals surface area (Å²) in [6.45, 7) is 2.38. The second-order valence-electron chi connectivity index (χ2n) is 5.34. The second kappa shape index (κ2) is 9.00. The van der Waals surface area contributed by atoms with E-state index in [1.807, 2.05) is 6.92 Å². The highest BCUT2D eigenvalue weighted by Crippen LogP contribution is 2.12. The van der Waals surface area contributed by atoms with E-state index in [4.69, 9.17) is 4.74 Å². The molecule has 2 aromatic carbocycles. The number of carbonyl (C=O) groups is 2. The van der Waals surface area contributed by atoms with Crippen molar-refractivity contribution in [2.45, 2.75) is 18.2 Å². The largest absolute Gasteiger partial charge is 0.494 e. The first-order valence-electron chi connectivity index (χ1n) is 8.02. The van der Waals surface area contributed by atoms with Crippen LogP contribution in [0.2, 0.25) is 0 Å². The van der Waals surface area contributed by atoms with E-state index in [9.17, 15) is 18.0 Å². The van der Waals surface area contributed by atoms with Crippen LogP contribution >= 0.6 is 0 Å². The predicted molar refractivity (Wildman–Crippen MR) is 96.3 cm³/mol. The number of amides is 2. The molecular formula is C18H20N2O5S. The first kappa shape index (κ1) is 19.5. The van der Waals surface area contributed by atoms with Crippen LogP contribution in [0.4, 0.5) is 0 Å². The molecule has 7 nitrogen and oxygen atoms in total. The number of sulfone groups is 1. The minimum Gasteiger partial charge on any atom is -0.494 e. The van der Waals surface area contributed by atoms with Crippen molar-refractivity contribution >= 4 is 21.7 Å². The van der Waals surface area contributed by atoms with Gasteiger partial charge in [-0.25, -0.2) is 8.42 Å². The molecule has 0 heterocycles. The Morgan fingerprint density at radius 2 is 1.62 bits per heavy atom. The molecule has 0 bridgehead atoms. The summed E-state index contributed by atoms with van der Waals surface area (Å²) in [5, 5.41) is 0. The van der Waals surface area contributed by atoms with E-state index >= 15 is 0 Å². The predicted octanol–water partition coefficient (Wildman–Crippen LogP) is 1.71. The SMILES string of the molecule is CCOc1ccc(C(=O)NNC(=O)CCS(=O)(=O)c2ccccc2)cc1. The quantitative estimate of drug-likeness (QED) is 0.717. The normalized spacial score (nSPS) is 10.8. The summed E-state index contributed by atoms with van der Waals surface area (Å²) in [5.74, 6) is -0.808. The van der Waals surface area contributed by atoms with Crippen molar-refractivity contribution < 1.29 is 22.7 Å². The van der Waals surface area contributed by atoms with Gasteiger partial charge in [-0.2, -0.15) is 0 Å². The lowest BCUT2D eigenvalue weighted by molar-refractivity contribution is -0.121. The van der Waals surface area contributed by atoms with Gasteiger partial charge in [0.15, 0.2) is 9.84 Å². The van der Waals surface area contributed by atoms with Crippen molar-refractivity contribution in [1.82, 2.24) is 10.9 Å². The third-order valence-electron chi connectivity index (χ3n) is 3.44. The van der Waals surface area contributed by atoms with Gasteiger partial charge in [-0.1, -0.05) is 18.2 Å². The van der Waals surface area contributed by atoms with Crippen molar-refractivity contribution in [3.8, 4) is 5.75 Å². The molecule has 8 heteroatoms. The van der Waals surface area contributed by atoms with Crippen LogP contribution in [0.3, 0.4) is 0 Å². The molecule has 26 heavy (non-hydrogen) atoms. The second-order valence-corrected chi connectivity index (χ2v) is 7.45. The van der Waals surface area contributed by atoms with Gasteiger partial charge in [0.2, 0.25) is 5.91 Å². The van der Waals surface area contributed by atoms with Gasteiger partial charge in [0.05, 0.1) is 17.3 Å². The summed E-state index contributed by atoms with van der Waals surface area (Å²) in [6.07, 6.45) is -0.263. The minimum absolute atomic E-state index is 0.159. The number of hydrazine groups is 1. The summed E-state index contributed by atoms with van der Waals surface area (Å²) in [4.78, 5) is 23.9. The zero-order chi connectivity index (χ0) is 19.0. The average Bonchev–Trinajstić information content (AvgIpc) is 2.66. The molecule has 0 unspecified atom stereocenters. The molecule has 0 saturated heterocycles. The smallest absolute Gasteiger partial charge is 0.269 e. The van der Waals surface area contributed by atoms with E-state index in [2.05, 4.69) is 10.9 Å². The van der Waals surface area contributed by atoms with Gasteiger partial charge in [-0.05, 0) is 43.3 Å². The summed E-state index contributed by atoms with van der Waals surface area (Å²) in [6, 6.07) is 14.3. The highest BCUT2D eigenvalue weighted by Gasteiger charge is 2.16. The molecule has 0 aliphatic heterocycles. The van der Waals surface area contributed by atoms with Gasteiger partial charge in [0, 0.05) is 12.0 Å². The minimum atomic E-state index is -3.54. The van der Waals surface area contributed by atoms with Crippen molar-refractivity contribution in [1.29, 1.82) is 0 Å². The molecule has 2 amide bonds. The Hall–Kier alpha value is -2.87. The van der Waals surface area contributed by atoms with Crippen molar-refractivity contribution in [3.05, 3.63) is 60.2 Å². The molecule has 0 aliphatic rings. The van der Waals surface area contributed by atoms with Crippen LogP contribution in [0.15, 0.2) is 59.5 Å². The monoisotopic (exact) mass is 376 g/mol. The van der Waals surface area contributed by atoms with Crippen molar-refractivity contribution in [2.24, 2.45) is 0 Å². The van der Waals surface area contributed by atoms with Crippen LogP contribution in [0.1, 0.15) is 23.7 Å². The number of ether oxygens (including phenoxy) is 1. The first-order chi connectivity index (χ1) is 12.4. The lowest BCUT2D eigenvalue weighted by Gasteiger charge is -2.09. The van der Waals surface area contributed by atoms with Crippen LogP contribution in [0.5, 0.6) is 5.75 Å². The Bertz CT molecular complexity index is 849. The Morgan fingerprint density at radius 1 is 0.962 bits per heavy atom. The lowest BCUT2D eigenvalue weighted by atomic mass is 10.2. The molecule has 2 N–H and O–H groups in total. The molecule has 2 rings (SSSR count). The molecular weight excluding hydrogens is 356 g/mol. The topological polar surface area (TPSA) is 102 Å². The molecule has 2 aromatic rings. The molecule has 0 atom stereocenters. The number of carbonyl (C=O) groups excluding carboxylic acids is 2. The molecule has 0 radical (unpaired) electrons. The fourth-order valence-electron chi connectivity index (χ4n) is 2.10. The fraction of sp³-hybridized carbons (Fsp3) is 0.222. The molecule has 138 valence electrons. The van der Waals surface area contributed by atoms with Crippen LogP contribution in [-0.4, -0.2) is 32.6 Å². The van der Waals surface area contributed by atoms with Crippen LogP contribution in [0.25, 0.3) is 0 Å². The van der Waals surface area contributed by atoms with Crippen LogP contribution in [0, 0.1) is 0 Å². The number of nitrogens with one attached hydrogen (secondary N) is 2. The summed E-state index contributed by atoms with van der Waals surface area (Å²) in [5.41, 5.74) is 4.80. The molecule has 0 fully saturated rings. The number of benzene rings is 2. The Labute approximate surface area is 152 Å². The van der Waals surface area contributed by atoms with Crippen LogP contribution in [-0.2, 0) is 14.6 Å². The third kappa shape index (κ3) is 5.59. The summed E-state index contributed by atoms with van der Waals surface area (Å²) in [7, 11) is -3.54. The molecule has 0 aliphatic carbocycles.